The molecule has 0 atom stereocenters. The van der Waals surface area contributed by atoms with Gasteiger partial charge in [-0.2, -0.15) is 8.78 Å². The standard InChI is InChI=1S/C16H12F2N2O2/c17-16(18)22-12-7-5-11(6-8-12)9-20-10-19-14-4-2-1-3-13(14)15(20)21/h1-8,10,16H,9H2. The topological polar surface area (TPSA) is 44.1 Å². The highest BCUT2D eigenvalue weighted by Crippen LogP contribution is 2.15. The SMILES string of the molecule is O=c1c2ccccc2ncn1Cc1ccc(OC(F)F)cc1. The van der Waals surface area contributed by atoms with E-state index in [0.29, 0.717) is 17.4 Å². The van der Waals surface area contributed by atoms with Crippen LogP contribution < -0.4 is 10.3 Å². The maximum absolute atomic E-state index is 12.3. The fourth-order valence-electron chi connectivity index (χ4n) is 2.19. The van der Waals surface area contributed by atoms with Crippen molar-refractivity contribution in [1.29, 1.82) is 0 Å². The summed E-state index contributed by atoms with van der Waals surface area (Å²) in [4.78, 5) is 16.6. The molecule has 6 heteroatoms. The summed E-state index contributed by atoms with van der Waals surface area (Å²) in [5.74, 6) is 0.0859. The number of hydrogen-bond donors (Lipinski definition) is 0. The molecule has 112 valence electrons. The maximum atomic E-state index is 12.3. The predicted molar refractivity (Wildman–Crippen MR) is 78.2 cm³/mol. The summed E-state index contributed by atoms with van der Waals surface area (Å²) in [5.41, 5.74) is 1.30. The highest BCUT2D eigenvalue weighted by Gasteiger charge is 2.06. The number of aromatic nitrogens is 2. The zero-order valence-electron chi connectivity index (χ0n) is 11.4. The lowest BCUT2D eigenvalue weighted by molar-refractivity contribution is -0.0498. The lowest BCUT2D eigenvalue weighted by atomic mass is 10.2. The smallest absolute Gasteiger partial charge is 0.387 e. The molecule has 0 bridgehead atoms. The summed E-state index contributed by atoms with van der Waals surface area (Å²) < 4.78 is 30.0. The summed E-state index contributed by atoms with van der Waals surface area (Å²) in [6.07, 6.45) is 1.48. The van der Waals surface area contributed by atoms with Crippen LogP contribution in [0.4, 0.5) is 8.78 Å². The molecule has 1 heterocycles. The van der Waals surface area contributed by atoms with Gasteiger partial charge in [-0.05, 0) is 29.8 Å². The third kappa shape index (κ3) is 2.95. The van der Waals surface area contributed by atoms with Crippen LogP contribution in [-0.4, -0.2) is 16.2 Å². The molecule has 4 nitrogen and oxygen atoms in total. The van der Waals surface area contributed by atoms with Crippen LogP contribution in [0.5, 0.6) is 5.75 Å². The normalized spacial score (nSPS) is 11.0. The Kier molecular flexibility index (Phi) is 3.82. The van der Waals surface area contributed by atoms with Gasteiger partial charge < -0.3 is 4.74 Å². The Morgan fingerprint density at radius 2 is 1.82 bits per heavy atom. The lowest BCUT2D eigenvalue weighted by Gasteiger charge is -2.08. The molecule has 1 aromatic heterocycles. The second-order valence-corrected chi connectivity index (χ2v) is 4.72. The van der Waals surface area contributed by atoms with Crippen molar-refractivity contribution in [1.82, 2.24) is 9.55 Å². The monoisotopic (exact) mass is 302 g/mol. The Balaban J connectivity index is 1.87. The van der Waals surface area contributed by atoms with Crippen molar-refractivity contribution in [2.45, 2.75) is 13.2 Å². The molecule has 0 aliphatic carbocycles. The van der Waals surface area contributed by atoms with E-state index in [0.717, 1.165) is 5.56 Å². The Labute approximate surface area is 124 Å². The van der Waals surface area contributed by atoms with Crippen molar-refractivity contribution < 1.29 is 13.5 Å². The lowest BCUT2D eigenvalue weighted by Crippen LogP contribution is -2.21. The van der Waals surface area contributed by atoms with Crippen molar-refractivity contribution in [3.05, 3.63) is 70.8 Å². The fraction of sp³-hybridized carbons (Fsp3) is 0.125. The van der Waals surface area contributed by atoms with Gasteiger partial charge in [-0.15, -0.1) is 0 Å². The average Bonchev–Trinajstić information content (AvgIpc) is 2.52. The molecule has 3 aromatic rings. The molecule has 3 rings (SSSR count). The average molecular weight is 302 g/mol. The summed E-state index contributed by atoms with van der Waals surface area (Å²) in [7, 11) is 0. The van der Waals surface area contributed by atoms with Crippen LogP contribution in [0.3, 0.4) is 0 Å². The van der Waals surface area contributed by atoms with Gasteiger partial charge in [-0.25, -0.2) is 4.98 Å². The van der Waals surface area contributed by atoms with E-state index in [-0.39, 0.29) is 11.3 Å². The maximum Gasteiger partial charge on any atom is 0.387 e. The van der Waals surface area contributed by atoms with Crippen LogP contribution in [0.25, 0.3) is 10.9 Å². The van der Waals surface area contributed by atoms with Gasteiger partial charge in [0.2, 0.25) is 0 Å². The quantitative estimate of drug-likeness (QED) is 0.744. The minimum Gasteiger partial charge on any atom is -0.435 e. The zero-order valence-corrected chi connectivity index (χ0v) is 11.4. The first-order chi connectivity index (χ1) is 10.6. The van der Waals surface area contributed by atoms with Crippen LogP contribution >= 0.6 is 0 Å². The summed E-state index contributed by atoms with van der Waals surface area (Å²) in [6.45, 7) is -2.54. The molecule has 22 heavy (non-hydrogen) atoms. The summed E-state index contributed by atoms with van der Waals surface area (Å²) in [6, 6.07) is 13.3. The molecule has 0 radical (unpaired) electrons. The van der Waals surface area contributed by atoms with E-state index in [1.54, 1.807) is 30.3 Å². The van der Waals surface area contributed by atoms with Gasteiger partial charge in [0.05, 0.1) is 23.8 Å². The number of nitrogens with zero attached hydrogens (tertiary/aromatic N) is 2. The van der Waals surface area contributed by atoms with Gasteiger partial charge in [0.1, 0.15) is 5.75 Å². The molecule has 0 aliphatic heterocycles. The van der Waals surface area contributed by atoms with Gasteiger partial charge in [0, 0.05) is 0 Å². The highest BCUT2D eigenvalue weighted by atomic mass is 19.3. The van der Waals surface area contributed by atoms with Crippen LogP contribution in [0.15, 0.2) is 59.7 Å². The number of alkyl halides is 2. The van der Waals surface area contributed by atoms with E-state index in [1.165, 1.54) is 23.0 Å². The van der Waals surface area contributed by atoms with Crippen LogP contribution in [0.2, 0.25) is 0 Å². The first-order valence-corrected chi connectivity index (χ1v) is 6.61. The zero-order chi connectivity index (χ0) is 15.5. The van der Waals surface area contributed by atoms with E-state index in [4.69, 9.17) is 0 Å². The Morgan fingerprint density at radius 3 is 2.55 bits per heavy atom. The van der Waals surface area contributed by atoms with Crippen molar-refractivity contribution in [2.75, 3.05) is 0 Å². The molecule has 0 aliphatic rings. The minimum absolute atomic E-state index is 0.0859. The number of para-hydroxylation sites is 1. The van der Waals surface area contributed by atoms with Crippen molar-refractivity contribution >= 4 is 10.9 Å². The Hall–Kier alpha value is -2.76. The van der Waals surface area contributed by atoms with Gasteiger partial charge in [-0.3, -0.25) is 9.36 Å². The van der Waals surface area contributed by atoms with Crippen LogP contribution in [0, 0.1) is 0 Å². The predicted octanol–water partition coefficient (Wildman–Crippen LogP) is 3.05. The number of fused-ring (bicyclic) bond motifs is 1. The first kappa shape index (κ1) is 14.2. The number of rotatable bonds is 4. The molecule has 0 N–H and O–H groups in total. The largest absolute Gasteiger partial charge is 0.435 e. The third-order valence-electron chi connectivity index (χ3n) is 3.23. The molecule has 2 aromatic carbocycles. The minimum atomic E-state index is -2.85. The second kappa shape index (κ2) is 5.93. The summed E-state index contributed by atoms with van der Waals surface area (Å²) in [5, 5.41) is 0.544. The number of ether oxygens (including phenoxy) is 1. The third-order valence-corrected chi connectivity index (χ3v) is 3.23. The Bertz CT molecular complexity index is 845. The van der Waals surface area contributed by atoms with E-state index in [2.05, 4.69) is 9.72 Å². The number of hydrogen-bond acceptors (Lipinski definition) is 3. The van der Waals surface area contributed by atoms with E-state index >= 15 is 0 Å². The summed E-state index contributed by atoms with van der Waals surface area (Å²) >= 11 is 0. The molecule has 0 fully saturated rings. The van der Waals surface area contributed by atoms with E-state index < -0.39 is 6.61 Å². The first-order valence-electron chi connectivity index (χ1n) is 6.61. The number of halogens is 2. The van der Waals surface area contributed by atoms with Crippen molar-refractivity contribution in [3.63, 3.8) is 0 Å². The van der Waals surface area contributed by atoms with Crippen LogP contribution in [-0.2, 0) is 6.54 Å². The molecular formula is C16H12F2N2O2. The highest BCUT2D eigenvalue weighted by molar-refractivity contribution is 5.76. The second-order valence-electron chi connectivity index (χ2n) is 4.72. The van der Waals surface area contributed by atoms with Gasteiger partial charge in [0.15, 0.2) is 0 Å². The molecule has 0 amide bonds. The van der Waals surface area contributed by atoms with Gasteiger partial charge >= 0.3 is 6.61 Å². The van der Waals surface area contributed by atoms with Crippen molar-refractivity contribution in [3.8, 4) is 5.75 Å². The molecular weight excluding hydrogens is 290 g/mol. The molecule has 0 unspecified atom stereocenters. The molecule has 0 saturated carbocycles. The van der Waals surface area contributed by atoms with E-state index in [9.17, 15) is 13.6 Å². The molecule has 0 spiro atoms. The van der Waals surface area contributed by atoms with Gasteiger partial charge in [-0.1, -0.05) is 24.3 Å². The number of benzene rings is 2. The van der Waals surface area contributed by atoms with E-state index in [1.807, 2.05) is 6.07 Å². The molecule has 0 saturated heterocycles. The van der Waals surface area contributed by atoms with Gasteiger partial charge in [0.25, 0.3) is 5.56 Å². The fourth-order valence-corrected chi connectivity index (χ4v) is 2.19. The van der Waals surface area contributed by atoms with Crippen molar-refractivity contribution in [2.24, 2.45) is 0 Å². The Morgan fingerprint density at radius 1 is 1.09 bits per heavy atom. The van der Waals surface area contributed by atoms with Crippen LogP contribution in [0.1, 0.15) is 5.56 Å².